The molecule has 3 nitrogen and oxygen atoms in total. The highest BCUT2D eigenvalue weighted by Gasteiger charge is 2.14. The third-order valence-corrected chi connectivity index (χ3v) is 4.39. The van der Waals surface area contributed by atoms with Crippen molar-refractivity contribution in [2.24, 2.45) is 0 Å². The Morgan fingerprint density at radius 2 is 1.50 bits per heavy atom. The molecule has 0 aromatic heterocycles. The molecule has 0 atom stereocenters. The predicted molar refractivity (Wildman–Crippen MR) is 122 cm³/mol. The normalized spacial score (nSPS) is 10.6. The van der Waals surface area contributed by atoms with E-state index in [1.807, 2.05) is 97.9 Å². The van der Waals surface area contributed by atoms with E-state index in [2.05, 4.69) is 17.9 Å². The van der Waals surface area contributed by atoms with Crippen LogP contribution in [0.5, 0.6) is 0 Å². The number of hydrogen-bond acceptors (Lipinski definition) is 2. The van der Waals surface area contributed by atoms with Crippen LogP contribution in [0.15, 0.2) is 96.6 Å². The monoisotopic (exact) mass is 395 g/mol. The standard InChI is InChI=1S/C27H25NO2/c1-23(20-25-14-7-3-8-15-25)21-28(19-11-18-24-12-5-2-6-13-24)27(29)30-22-26-16-9-4-10-17-26/h2-10,12-17,20H,19,21-22H2,1H3/b23-20+. The van der Waals surface area contributed by atoms with Gasteiger partial charge in [0.15, 0.2) is 0 Å². The maximum atomic E-state index is 12.8. The molecular formula is C27H25NO2. The van der Waals surface area contributed by atoms with Crippen molar-refractivity contribution < 1.29 is 9.53 Å². The van der Waals surface area contributed by atoms with Gasteiger partial charge < -0.3 is 4.74 Å². The number of ether oxygens (including phenoxy) is 1. The van der Waals surface area contributed by atoms with Gasteiger partial charge in [0.25, 0.3) is 0 Å². The molecule has 0 fully saturated rings. The maximum absolute atomic E-state index is 12.8. The minimum absolute atomic E-state index is 0.240. The minimum atomic E-state index is -0.373. The van der Waals surface area contributed by atoms with Gasteiger partial charge in [-0.1, -0.05) is 102 Å². The Hall–Kier alpha value is -3.77. The second-order valence-electron chi connectivity index (χ2n) is 6.97. The Labute approximate surface area is 178 Å². The number of benzene rings is 3. The second kappa shape index (κ2) is 11.3. The van der Waals surface area contributed by atoms with E-state index in [0.717, 1.165) is 22.3 Å². The van der Waals surface area contributed by atoms with Gasteiger partial charge in [0, 0.05) is 12.1 Å². The minimum Gasteiger partial charge on any atom is -0.445 e. The van der Waals surface area contributed by atoms with Crippen LogP contribution in [0.3, 0.4) is 0 Å². The first kappa shape index (κ1) is 21.0. The number of nitrogens with zero attached hydrogens (tertiary/aromatic N) is 1. The lowest BCUT2D eigenvalue weighted by molar-refractivity contribution is 0.104. The van der Waals surface area contributed by atoms with Crippen molar-refractivity contribution >= 4 is 12.2 Å². The lowest BCUT2D eigenvalue weighted by Gasteiger charge is -2.20. The molecule has 0 spiro atoms. The molecule has 30 heavy (non-hydrogen) atoms. The molecular weight excluding hydrogens is 370 g/mol. The fourth-order valence-electron chi connectivity index (χ4n) is 2.93. The molecule has 0 aliphatic carbocycles. The molecule has 150 valence electrons. The van der Waals surface area contributed by atoms with E-state index in [4.69, 9.17) is 4.74 Å². The highest BCUT2D eigenvalue weighted by Crippen LogP contribution is 2.10. The van der Waals surface area contributed by atoms with Gasteiger partial charge in [-0.2, -0.15) is 0 Å². The van der Waals surface area contributed by atoms with Crippen LogP contribution in [0.1, 0.15) is 23.6 Å². The van der Waals surface area contributed by atoms with E-state index in [0.29, 0.717) is 13.1 Å². The van der Waals surface area contributed by atoms with Gasteiger partial charge in [-0.05, 0) is 30.2 Å². The van der Waals surface area contributed by atoms with E-state index >= 15 is 0 Å². The van der Waals surface area contributed by atoms with Crippen molar-refractivity contribution in [2.45, 2.75) is 13.5 Å². The molecule has 0 saturated heterocycles. The van der Waals surface area contributed by atoms with Crippen LogP contribution >= 0.6 is 0 Å². The Kier molecular flexibility index (Phi) is 7.88. The first-order chi connectivity index (χ1) is 14.7. The summed E-state index contributed by atoms with van der Waals surface area (Å²) >= 11 is 0. The van der Waals surface area contributed by atoms with Gasteiger partial charge in [-0.25, -0.2) is 4.79 Å². The average molecular weight is 396 g/mol. The lowest BCUT2D eigenvalue weighted by Crippen LogP contribution is -2.33. The predicted octanol–water partition coefficient (Wildman–Crippen LogP) is 5.78. The van der Waals surface area contributed by atoms with E-state index < -0.39 is 0 Å². The van der Waals surface area contributed by atoms with Crippen LogP contribution < -0.4 is 0 Å². The van der Waals surface area contributed by atoms with Gasteiger partial charge in [0.05, 0.1) is 6.54 Å². The van der Waals surface area contributed by atoms with Crippen LogP contribution in [0.25, 0.3) is 6.08 Å². The Balaban J connectivity index is 1.69. The summed E-state index contributed by atoms with van der Waals surface area (Å²) in [6.45, 7) is 2.99. The number of hydrogen-bond donors (Lipinski definition) is 0. The zero-order valence-electron chi connectivity index (χ0n) is 17.1. The molecule has 3 aromatic rings. The van der Waals surface area contributed by atoms with Gasteiger partial charge in [0.1, 0.15) is 6.61 Å². The van der Waals surface area contributed by atoms with E-state index in [1.165, 1.54) is 0 Å². The highest BCUT2D eigenvalue weighted by atomic mass is 16.6. The molecule has 0 aliphatic rings. The van der Waals surface area contributed by atoms with Crippen LogP contribution in [-0.2, 0) is 11.3 Å². The van der Waals surface area contributed by atoms with E-state index in [-0.39, 0.29) is 12.7 Å². The van der Waals surface area contributed by atoms with Crippen LogP contribution in [0, 0.1) is 11.8 Å². The van der Waals surface area contributed by atoms with Crippen molar-refractivity contribution in [2.75, 3.05) is 13.1 Å². The van der Waals surface area contributed by atoms with Gasteiger partial charge in [0.2, 0.25) is 0 Å². The maximum Gasteiger partial charge on any atom is 0.411 e. The largest absolute Gasteiger partial charge is 0.445 e. The molecule has 0 N–H and O–H groups in total. The molecule has 3 rings (SSSR count). The van der Waals surface area contributed by atoms with Crippen molar-refractivity contribution in [1.29, 1.82) is 0 Å². The second-order valence-corrected chi connectivity index (χ2v) is 6.97. The molecule has 0 unspecified atom stereocenters. The smallest absolute Gasteiger partial charge is 0.411 e. The van der Waals surface area contributed by atoms with Gasteiger partial charge in [-0.15, -0.1) is 0 Å². The molecule has 3 heteroatoms. The number of rotatable bonds is 6. The summed E-state index contributed by atoms with van der Waals surface area (Å²) in [5, 5.41) is 0. The van der Waals surface area contributed by atoms with Gasteiger partial charge in [-0.3, -0.25) is 4.90 Å². The summed E-state index contributed by atoms with van der Waals surface area (Å²) in [6.07, 6.45) is 1.70. The zero-order chi connectivity index (χ0) is 21.0. The van der Waals surface area contributed by atoms with E-state index in [9.17, 15) is 4.79 Å². The number of carbonyl (C=O) groups excluding carboxylic acids is 1. The molecule has 3 aromatic carbocycles. The van der Waals surface area contributed by atoms with Crippen molar-refractivity contribution in [1.82, 2.24) is 4.90 Å². The number of amides is 1. The Morgan fingerprint density at radius 3 is 2.17 bits per heavy atom. The lowest BCUT2D eigenvalue weighted by atomic mass is 10.1. The summed E-state index contributed by atoms with van der Waals surface area (Å²) in [4.78, 5) is 14.4. The summed E-state index contributed by atoms with van der Waals surface area (Å²) in [5.41, 5.74) is 4.03. The molecule has 1 amide bonds. The molecule has 0 saturated carbocycles. The SMILES string of the molecule is C/C(=C\c1ccccc1)CN(CC#Cc1ccccc1)C(=O)OCc1ccccc1. The third-order valence-electron chi connectivity index (χ3n) is 4.39. The van der Waals surface area contributed by atoms with Crippen molar-refractivity contribution in [3.05, 3.63) is 113 Å². The first-order valence-corrected chi connectivity index (χ1v) is 9.92. The summed E-state index contributed by atoms with van der Waals surface area (Å²) in [5.74, 6) is 6.21. The quantitative estimate of drug-likeness (QED) is 0.495. The van der Waals surface area contributed by atoms with Crippen molar-refractivity contribution in [3.63, 3.8) is 0 Å². The topological polar surface area (TPSA) is 29.5 Å². The van der Waals surface area contributed by atoms with E-state index in [1.54, 1.807) is 4.90 Å². The van der Waals surface area contributed by atoms with Crippen molar-refractivity contribution in [3.8, 4) is 11.8 Å². The highest BCUT2D eigenvalue weighted by molar-refractivity contribution is 5.69. The summed E-state index contributed by atoms with van der Waals surface area (Å²) < 4.78 is 5.54. The fraction of sp³-hybridized carbons (Fsp3) is 0.148. The molecule has 0 aliphatic heterocycles. The molecule has 0 radical (unpaired) electrons. The van der Waals surface area contributed by atoms with Crippen LogP contribution in [0.2, 0.25) is 0 Å². The summed E-state index contributed by atoms with van der Waals surface area (Å²) in [6, 6.07) is 29.5. The summed E-state index contributed by atoms with van der Waals surface area (Å²) in [7, 11) is 0. The first-order valence-electron chi connectivity index (χ1n) is 9.92. The van der Waals surface area contributed by atoms with Crippen LogP contribution in [0.4, 0.5) is 4.79 Å². The Bertz CT molecular complexity index is 1020. The Morgan fingerprint density at radius 1 is 0.900 bits per heavy atom. The van der Waals surface area contributed by atoms with Crippen LogP contribution in [-0.4, -0.2) is 24.1 Å². The zero-order valence-corrected chi connectivity index (χ0v) is 17.1. The fourth-order valence-corrected chi connectivity index (χ4v) is 2.93. The molecule has 0 heterocycles. The van der Waals surface area contributed by atoms with Gasteiger partial charge >= 0.3 is 6.09 Å². The average Bonchev–Trinajstić information content (AvgIpc) is 2.79. The third kappa shape index (κ3) is 7.00. The molecule has 0 bridgehead atoms. The number of carbonyl (C=O) groups is 1.